The average molecular weight is 271 g/mol. The summed E-state index contributed by atoms with van der Waals surface area (Å²) in [4.78, 5) is 26.9. The highest BCUT2D eigenvalue weighted by atomic mass is 16.5. The fourth-order valence-corrected chi connectivity index (χ4v) is 4.44. The van der Waals surface area contributed by atoms with Crippen LogP contribution in [0.15, 0.2) is 18.2 Å². The Morgan fingerprint density at radius 3 is 2.85 bits per heavy atom. The lowest BCUT2D eigenvalue weighted by Gasteiger charge is -2.51. The van der Waals surface area contributed by atoms with E-state index in [1.807, 2.05) is 32.0 Å². The minimum absolute atomic E-state index is 0.0468. The zero-order chi connectivity index (χ0) is 14.2. The van der Waals surface area contributed by atoms with Crippen molar-refractivity contribution in [1.82, 2.24) is 0 Å². The number of carbonyl (C=O) groups is 2. The molecule has 2 amide bonds. The van der Waals surface area contributed by atoms with Gasteiger partial charge in [0.1, 0.15) is 5.75 Å². The van der Waals surface area contributed by atoms with Crippen LogP contribution in [-0.2, 0) is 9.59 Å². The molecule has 4 atom stereocenters. The van der Waals surface area contributed by atoms with Gasteiger partial charge in [-0.05, 0) is 31.4 Å². The summed E-state index contributed by atoms with van der Waals surface area (Å²) in [5.41, 5.74) is 0.972. The van der Waals surface area contributed by atoms with Gasteiger partial charge in [-0.3, -0.25) is 9.59 Å². The molecular weight excluding hydrogens is 254 g/mol. The van der Waals surface area contributed by atoms with E-state index in [0.717, 1.165) is 5.56 Å². The van der Waals surface area contributed by atoms with Gasteiger partial charge in [0.15, 0.2) is 0 Å². The zero-order valence-corrected chi connectivity index (χ0v) is 11.8. The third-order valence-electron chi connectivity index (χ3n) is 5.57. The largest absolute Gasteiger partial charge is 0.491 e. The van der Waals surface area contributed by atoms with E-state index in [2.05, 4.69) is 6.92 Å². The molecule has 4 rings (SSSR count). The number of para-hydroxylation sites is 1. The summed E-state index contributed by atoms with van der Waals surface area (Å²) in [5, 5.41) is 0. The van der Waals surface area contributed by atoms with Gasteiger partial charge in [0, 0.05) is 5.92 Å². The second kappa shape index (κ2) is 3.43. The molecule has 2 fully saturated rings. The van der Waals surface area contributed by atoms with Crippen LogP contribution in [0.2, 0.25) is 0 Å². The number of ether oxygens (including phenoxy) is 1. The molecule has 1 saturated carbocycles. The molecule has 0 radical (unpaired) electrons. The van der Waals surface area contributed by atoms with Crippen LogP contribution in [0.3, 0.4) is 0 Å². The number of benzene rings is 1. The summed E-state index contributed by atoms with van der Waals surface area (Å²) in [6.45, 7) is 6.40. The average Bonchev–Trinajstić information content (AvgIpc) is 2.61. The molecule has 104 valence electrons. The number of carbonyl (C=O) groups excluding carboxylic acids is 2. The molecule has 2 heterocycles. The third-order valence-corrected chi connectivity index (χ3v) is 5.57. The molecule has 1 aliphatic carbocycles. The Morgan fingerprint density at radius 1 is 1.35 bits per heavy atom. The van der Waals surface area contributed by atoms with Crippen LogP contribution in [0.5, 0.6) is 5.75 Å². The number of hydrogen-bond donors (Lipinski definition) is 0. The maximum Gasteiger partial charge on any atom is 0.241 e. The first kappa shape index (κ1) is 11.9. The quantitative estimate of drug-likeness (QED) is 0.679. The molecule has 0 aromatic heterocycles. The van der Waals surface area contributed by atoms with Crippen molar-refractivity contribution in [3.05, 3.63) is 23.8 Å². The molecule has 0 spiro atoms. The summed E-state index contributed by atoms with van der Waals surface area (Å²) in [5.74, 6) is 0.693. The molecule has 0 unspecified atom stereocenters. The lowest BCUT2D eigenvalue weighted by molar-refractivity contribution is -0.156. The summed E-state index contributed by atoms with van der Waals surface area (Å²) in [6, 6.07) is 5.65. The Bertz CT molecular complexity index is 653. The summed E-state index contributed by atoms with van der Waals surface area (Å²) in [6.07, 6.45) is 0. The zero-order valence-electron chi connectivity index (χ0n) is 11.8. The smallest absolute Gasteiger partial charge is 0.241 e. The topological polar surface area (TPSA) is 46.6 Å². The van der Waals surface area contributed by atoms with Crippen LogP contribution in [0.1, 0.15) is 19.4 Å². The summed E-state index contributed by atoms with van der Waals surface area (Å²) < 4.78 is 5.93. The Balaban J connectivity index is 1.98. The third kappa shape index (κ3) is 1.06. The number of imide groups is 1. The molecule has 1 aromatic carbocycles. The fourth-order valence-electron chi connectivity index (χ4n) is 4.44. The lowest BCUT2D eigenvalue weighted by atomic mass is 9.49. The van der Waals surface area contributed by atoms with Crippen molar-refractivity contribution < 1.29 is 14.3 Å². The van der Waals surface area contributed by atoms with E-state index in [1.165, 1.54) is 4.90 Å². The molecule has 0 N–H and O–H groups in total. The minimum atomic E-state index is -0.573. The van der Waals surface area contributed by atoms with E-state index in [9.17, 15) is 9.59 Å². The second-order valence-electron chi connectivity index (χ2n) is 6.44. The number of aryl methyl sites for hydroxylation is 1. The highest BCUT2D eigenvalue weighted by Crippen LogP contribution is 2.63. The predicted molar refractivity (Wildman–Crippen MR) is 73.4 cm³/mol. The standard InChI is InChI=1S/C16H17NO3/c1-8-5-4-6-11-13(8)17-14(18)12-9(2)10(7-20-11)16(12,3)15(17)19/h4-6,9-10,12H,7H2,1-3H3/t9-,10-,12-,16-/m1/s1. The second-order valence-corrected chi connectivity index (χ2v) is 6.44. The van der Waals surface area contributed by atoms with Gasteiger partial charge in [-0.25, -0.2) is 4.90 Å². The highest BCUT2D eigenvalue weighted by molar-refractivity contribution is 6.25. The Hall–Kier alpha value is -1.84. The van der Waals surface area contributed by atoms with E-state index in [1.54, 1.807) is 0 Å². The van der Waals surface area contributed by atoms with Gasteiger partial charge >= 0.3 is 0 Å². The SMILES string of the molecule is Cc1cccc2c1N1C(=O)[C@H]3[C@H](C)[C@@H](CO2)[C@@]3(C)C1=O. The number of amides is 2. The fraction of sp³-hybridized carbons (Fsp3) is 0.500. The van der Waals surface area contributed by atoms with Crippen LogP contribution in [0.4, 0.5) is 5.69 Å². The van der Waals surface area contributed by atoms with Crippen molar-refractivity contribution in [1.29, 1.82) is 0 Å². The van der Waals surface area contributed by atoms with E-state index in [4.69, 9.17) is 4.74 Å². The Labute approximate surface area is 117 Å². The Morgan fingerprint density at radius 2 is 2.10 bits per heavy atom. The van der Waals surface area contributed by atoms with Crippen molar-refractivity contribution in [3.63, 3.8) is 0 Å². The maximum atomic E-state index is 12.8. The van der Waals surface area contributed by atoms with Crippen molar-refractivity contribution >= 4 is 17.5 Å². The number of anilines is 1. The number of hydrogen-bond acceptors (Lipinski definition) is 3. The number of rotatable bonds is 0. The van der Waals surface area contributed by atoms with Crippen molar-refractivity contribution in [3.8, 4) is 5.75 Å². The first-order valence-corrected chi connectivity index (χ1v) is 7.08. The first-order chi connectivity index (χ1) is 9.48. The van der Waals surface area contributed by atoms with Gasteiger partial charge in [-0.1, -0.05) is 19.1 Å². The first-order valence-electron chi connectivity index (χ1n) is 7.08. The maximum absolute atomic E-state index is 12.8. The lowest BCUT2D eigenvalue weighted by Crippen LogP contribution is -2.58. The molecule has 4 nitrogen and oxygen atoms in total. The summed E-state index contributed by atoms with van der Waals surface area (Å²) >= 11 is 0. The van der Waals surface area contributed by atoms with E-state index in [0.29, 0.717) is 18.0 Å². The Kier molecular flexibility index (Phi) is 2.05. The number of nitrogens with zero attached hydrogens (tertiary/aromatic N) is 1. The van der Waals surface area contributed by atoms with Gasteiger partial charge in [-0.2, -0.15) is 0 Å². The van der Waals surface area contributed by atoms with Crippen LogP contribution < -0.4 is 9.64 Å². The molecule has 1 aromatic rings. The molecule has 2 aliphatic heterocycles. The van der Waals surface area contributed by atoms with Gasteiger partial charge in [0.2, 0.25) is 11.8 Å². The molecule has 2 bridgehead atoms. The summed E-state index contributed by atoms with van der Waals surface area (Å²) in [7, 11) is 0. The van der Waals surface area contributed by atoms with Gasteiger partial charge in [0.25, 0.3) is 0 Å². The van der Waals surface area contributed by atoms with Crippen molar-refractivity contribution in [2.75, 3.05) is 11.5 Å². The monoisotopic (exact) mass is 271 g/mol. The van der Waals surface area contributed by atoms with Gasteiger partial charge in [0.05, 0.1) is 23.6 Å². The number of fused-ring (bicyclic) bond motifs is 3. The molecular formula is C16H17NO3. The highest BCUT2D eigenvalue weighted by Gasteiger charge is 2.72. The van der Waals surface area contributed by atoms with E-state index in [-0.39, 0.29) is 29.6 Å². The molecule has 3 aliphatic rings. The van der Waals surface area contributed by atoms with E-state index < -0.39 is 5.41 Å². The molecule has 20 heavy (non-hydrogen) atoms. The predicted octanol–water partition coefficient (Wildman–Crippen LogP) is 2.15. The molecule has 4 heteroatoms. The van der Waals surface area contributed by atoms with Crippen molar-refractivity contribution in [2.24, 2.45) is 23.2 Å². The minimum Gasteiger partial charge on any atom is -0.491 e. The molecule has 1 saturated heterocycles. The van der Waals surface area contributed by atoms with E-state index >= 15 is 0 Å². The van der Waals surface area contributed by atoms with Gasteiger partial charge in [-0.15, -0.1) is 0 Å². The van der Waals surface area contributed by atoms with Crippen LogP contribution >= 0.6 is 0 Å². The van der Waals surface area contributed by atoms with Gasteiger partial charge < -0.3 is 4.74 Å². The van der Waals surface area contributed by atoms with Crippen molar-refractivity contribution in [2.45, 2.75) is 20.8 Å². The van der Waals surface area contributed by atoms with Crippen LogP contribution in [0.25, 0.3) is 0 Å². The normalized spacial score (nSPS) is 37.8. The van der Waals surface area contributed by atoms with Crippen LogP contribution in [0, 0.1) is 30.1 Å². The van der Waals surface area contributed by atoms with Crippen LogP contribution in [-0.4, -0.2) is 18.4 Å².